The Bertz CT molecular complexity index is 777. The van der Waals surface area contributed by atoms with E-state index in [9.17, 15) is 13.6 Å². The van der Waals surface area contributed by atoms with Crippen LogP contribution in [-0.4, -0.2) is 31.8 Å². The fraction of sp³-hybridized carbons (Fsp3) is 0.211. The highest BCUT2D eigenvalue weighted by molar-refractivity contribution is 5.91. The molecule has 0 radical (unpaired) electrons. The highest BCUT2D eigenvalue weighted by atomic mass is 19.3. The van der Waals surface area contributed by atoms with Crippen LogP contribution in [0.2, 0.25) is 0 Å². The molecule has 1 atom stereocenters. The first-order chi connectivity index (χ1) is 12.6. The molecule has 0 unspecified atom stereocenters. The van der Waals surface area contributed by atoms with Gasteiger partial charge in [-0.15, -0.1) is 0 Å². The van der Waals surface area contributed by atoms with Crippen LogP contribution < -0.4 is 19.5 Å². The van der Waals surface area contributed by atoms with Gasteiger partial charge in [0.1, 0.15) is 18.5 Å². The van der Waals surface area contributed by atoms with Gasteiger partial charge in [0, 0.05) is 6.08 Å². The minimum Gasteiger partial charge on any atom is -0.486 e. The second kappa shape index (κ2) is 8.33. The number of carbonyl (C=O) groups excluding carboxylic acids is 1. The standard InChI is InChI=1S/C19H17F2NO4/c20-19(21)26-14-8-5-13(6-9-14)7-10-18(23)22-11-15-12-24-16-3-1-2-4-17(16)25-15/h1-10,15,19H,11-12H2,(H,22,23)/b10-7+/t15-/m0/s1. The molecule has 2 aromatic carbocycles. The number of ether oxygens (including phenoxy) is 3. The Morgan fingerprint density at radius 2 is 1.92 bits per heavy atom. The molecule has 0 saturated heterocycles. The van der Waals surface area contributed by atoms with E-state index in [-0.39, 0.29) is 17.8 Å². The van der Waals surface area contributed by atoms with Gasteiger partial charge in [-0.3, -0.25) is 4.79 Å². The molecule has 1 aliphatic rings. The Labute approximate surface area is 149 Å². The van der Waals surface area contributed by atoms with Gasteiger partial charge < -0.3 is 19.5 Å². The number of nitrogens with one attached hydrogen (secondary N) is 1. The molecule has 1 heterocycles. The summed E-state index contributed by atoms with van der Waals surface area (Å²) in [5.41, 5.74) is 0.688. The molecular formula is C19H17F2NO4. The summed E-state index contributed by atoms with van der Waals surface area (Å²) in [4.78, 5) is 11.9. The van der Waals surface area contributed by atoms with Crippen LogP contribution in [0.4, 0.5) is 8.78 Å². The number of hydrogen-bond donors (Lipinski definition) is 1. The number of para-hydroxylation sites is 2. The van der Waals surface area contributed by atoms with Crippen LogP contribution in [0, 0.1) is 0 Å². The fourth-order valence-corrected chi connectivity index (χ4v) is 2.37. The molecule has 0 saturated carbocycles. The fourth-order valence-electron chi connectivity index (χ4n) is 2.37. The number of alkyl halides is 2. The summed E-state index contributed by atoms with van der Waals surface area (Å²) < 4.78 is 39.8. The molecule has 0 spiro atoms. The van der Waals surface area contributed by atoms with E-state index in [2.05, 4.69) is 10.1 Å². The third kappa shape index (κ3) is 4.95. The quantitative estimate of drug-likeness (QED) is 0.803. The molecule has 0 aliphatic carbocycles. The van der Waals surface area contributed by atoms with Gasteiger partial charge >= 0.3 is 6.61 Å². The van der Waals surface area contributed by atoms with Crippen LogP contribution in [0.1, 0.15) is 5.56 Å². The van der Waals surface area contributed by atoms with Crippen LogP contribution in [0.3, 0.4) is 0 Å². The van der Waals surface area contributed by atoms with E-state index in [0.29, 0.717) is 30.2 Å². The van der Waals surface area contributed by atoms with Crippen molar-refractivity contribution in [2.75, 3.05) is 13.2 Å². The molecule has 26 heavy (non-hydrogen) atoms. The van der Waals surface area contributed by atoms with Gasteiger partial charge in [-0.2, -0.15) is 8.78 Å². The molecule has 1 amide bonds. The van der Waals surface area contributed by atoms with Crippen molar-refractivity contribution in [2.24, 2.45) is 0 Å². The van der Waals surface area contributed by atoms with Crippen molar-refractivity contribution < 1.29 is 27.8 Å². The number of fused-ring (bicyclic) bond motifs is 1. The molecule has 7 heteroatoms. The van der Waals surface area contributed by atoms with Gasteiger partial charge in [-0.05, 0) is 35.9 Å². The number of carbonyl (C=O) groups is 1. The maximum absolute atomic E-state index is 12.1. The maximum atomic E-state index is 12.1. The van der Waals surface area contributed by atoms with Crippen molar-refractivity contribution in [3.05, 3.63) is 60.2 Å². The normalized spacial score (nSPS) is 15.9. The van der Waals surface area contributed by atoms with Gasteiger partial charge in [0.05, 0.1) is 6.54 Å². The van der Waals surface area contributed by atoms with Crippen LogP contribution in [0.5, 0.6) is 17.2 Å². The molecule has 0 aromatic heterocycles. The average molecular weight is 361 g/mol. The van der Waals surface area contributed by atoms with Crippen LogP contribution in [0.15, 0.2) is 54.6 Å². The van der Waals surface area contributed by atoms with Gasteiger partial charge in [0.25, 0.3) is 0 Å². The number of rotatable bonds is 6. The maximum Gasteiger partial charge on any atom is 0.387 e. The molecule has 3 rings (SSSR count). The molecular weight excluding hydrogens is 344 g/mol. The topological polar surface area (TPSA) is 56.8 Å². The summed E-state index contributed by atoms with van der Waals surface area (Å²) in [6, 6.07) is 13.3. The predicted molar refractivity (Wildman–Crippen MR) is 91.5 cm³/mol. The second-order valence-corrected chi connectivity index (χ2v) is 5.52. The molecule has 2 aromatic rings. The molecule has 0 bridgehead atoms. The molecule has 1 N–H and O–H groups in total. The zero-order valence-corrected chi connectivity index (χ0v) is 13.7. The van der Waals surface area contributed by atoms with Crippen molar-refractivity contribution in [3.63, 3.8) is 0 Å². The molecule has 5 nitrogen and oxygen atoms in total. The third-order valence-electron chi connectivity index (χ3n) is 3.60. The summed E-state index contributed by atoms with van der Waals surface area (Å²) in [6.07, 6.45) is 2.67. The minimum absolute atomic E-state index is 0.0660. The lowest BCUT2D eigenvalue weighted by Crippen LogP contribution is -2.40. The van der Waals surface area contributed by atoms with Crippen LogP contribution in [-0.2, 0) is 4.79 Å². The van der Waals surface area contributed by atoms with E-state index in [4.69, 9.17) is 9.47 Å². The minimum atomic E-state index is -2.86. The summed E-state index contributed by atoms with van der Waals surface area (Å²) in [7, 11) is 0. The smallest absolute Gasteiger partial charge is 0.387 e. The Kier molecular flexibility index (Phi) is 5.68. The van der Waals surface area contributed by atoms with Crippen molar-refractivity contribution in [3.8, 4) is 17.2 Å². The van der Waals surface area contributed by atoms with Crippen molar-refractivity contribution in [2.45, 2.75) is 12.7 Å². The lowest BCUT2D eigenvalue weighted by molar-refractivity contribution is -0.116. The number of benzene rings is 2. The van der Waals surface area contributed by atoms with E-state index in [1.807, 2.05) is 24.3 Å². The van der Waals surface area contributed by atoms with Crippen molar-refractivity contribution >= 4 is 12.0 Å². The Balaban J connectivity index is 1.46. The number of halogens is 2. The zero-order chi connectivity index (χ0) is 18.4. The molecule has 136 valence electrons. The van der Waals surface area contributed by atoms with Gasteiger partial charge in [0.15, 0.2) is 11.5 Å². The van der Waals surface area contributed by atoms with E-state index in [1.54, 1.807) is 18.2 Å². The molecule has 0 fully saturated rings. The summed E-state index contributed by atoms with van der Waals surface area (Å²) in [5.74, 6) is 1.12. The average Bonchev–Trinajstić information content (AvgIpc) is 2.65. The van der Waals surface area contributed by atoms with E-state index in [0.717, 1.165) is 0 Å². The Hall–Kier alpha value is -3.09. The molecule has 1 aliphatic heterocycles. The Morgan fingerprint density at radius 1 is 1.19 bits per heavy atom. The predicted octanol–water partition coefficient (Wildman–Crippen LogP) is 3.26. The highest BCUT2D eigenvalue weighted by Crippen LogP contribution is 2.30. The number of hydrogen-bond acceptors (Lipinski definition) is 4. The Morgan fingerprint density at radius 3 is 2.65 bits per heavy atom. The van der Waals surface area contributed by atoms with E-state index >= 15 is 0 Å². The second-order valence-electron chi connectivity index (χ2n) is 5.52. The van der Waals surface area contributed by atoms with E-state index < -0.39 is 6.61 Å². The van der Waals surface area contributed by atoms with Crippen LogP contribution >= 0.6 is 0 Å². The first-order valence-corrected chi connectivity index (χ1v) is 7.99. The van der Waals surface area contributed by atoms with Gasteiger partial charge in [0.2, 0.25) is 5.91 Å². The summed E-state index contributed by atoms with van der Waals surface area (Å²) in [6.45, 7) is -2.20. The SMILES string of the molecule is O=C(/C=C/c1ccc(OC(F)F)cc1)NC[C@H]1COc2ccccc2O1. The van der Waals surface area contributed by atoms with Crippen molar-refractivity contribution in [1.29, 1.82) is 0 Å². The zero-order valence-electron chi connectivity index (χ0n) is 13.7. The highest BCUT2D eigenvalue weighted by Gasteiger charge is 2.20. The largest absolute Gasteiger partial charge is 0.486 e. The van der Waals surface area contributed by atoms with E-state index in [1.165, 1.54) is 18.2 Å². The first-order valence-electron chi connectivity index (χ1n) is 7.99. The summed E-state index contributed by atoms with van der Waals surface area (Å²) in [5, 5.41) is 2.74. The monoisotopic (exact) mass is 361 g/mol. The van der Waals surface area contributed by atoms with Gasteiger partial charge in [-0.25, -0.2) is 0 Å². The van der Waals surface area contributed by atoms with Crippen molar-refractivity contribution in [1.82, 2.24) is 5.32 Å². The van der Waals surface area contributed by atoms with Crippen LogP contribution in [0.25, 0.3) is 6.08 Å². The lowest BCUT2D eigenvalue weighted by atomic mass is 10.2. The first kappa shape index (κ1) is 17.7. The summed E-state index contributed by atoms with van der Waals surface area (Å²) >= 11 is 0. The van der Waals surface area contributed by atoms with Gasteiger partial charge in [-0.1, -0.05) is 24.3 Å². The number of amides is 1. The lowest BCUT2D eigenvalue weighted by Gasteiger charge is -2.26. The third-order valence-corrected chi connectivity index (χ3v) is 3.60.